The van der Waals surface area contributed by atoms with Gasteiger partial charge in [0.25, 0.3) is 11.8 Å². The van der Waals surface area contributed by atoms with Crippen LogP contribution in [0.5, 0.6) is 0 Å². The Hall–Kier alpha value is -1.89. The summed E-state index contributed by atoms with van der Waals surface area (Å²) in [4.78, 5) is 36.6. The van der Waals surface area contributed by atoms with Crippen LogP contribution in [0.2, 0.25) is 0 Å². The lowest BCUT2D eigenvalue weighted by Gasteiger charge is -2.25. The van der Waals surface area contributed by atoms with Crippen molar-refractivity contribution in [2.24, 2.45) is 0 Å². The Bertz CT molecular complexity index is 545. The number of nitrogens with one attached hydrogen (secondary N) is 2. The lowest BCUT2D eigenvalue weighted by Crippen LogP contribution is -2.48. The molecule has 2 N–H and O–H groups in total. The highest BCUT2D eigenvalue weighted by Crippen LogP contribution is 2.10. The molecule has 1 saturated heterocycles. The molecule has 0 bridgehead atoms. The van der Waals surface area contributed by atoms with E-state index >= 15 is 0 Å². The minimum absolute atomic E-state index is 0.0179. The van der Waals surface area contributed by atoms with Gasteiger partial charge in [0, 0.05) is 23.0 Å². The standard InChI is InChI=1S/C14H16BrN3O3/c15-11-6-4-10(5-7-11)14(21)17-16-12(19)9-18-8-2-1-3-13(18)20/h4-7H,1-3,8-9H2,(H,16,19)(H,17,21). The second-order valence-corrected chi connectivity index (χ2v) is 5.70. The normalized spacial score (nSPS) is 14.7. The number of piperidine rings is 1. The summed E-state index contributed by atoms with van der Waals surface area (Å²) >= 11 is 3.28. The van der Waals surface area contributed by atoms with E-state index in [9.17, 15) is 14.4 Å². The van der Waals surface area contributed by atoms with Crippen LogP contribution in [0.25, 0.3) is 0 Å². The zero-order valence-corrected chi connectivity index (χ0v) is 13.0. The average Bonchev–Trinajstić information content (AvgIpc) is 2.48. The van der Waals surface area contributed by atoms with Gasteiger partial charge in [0.1, 0.15) is 6.54 Å². The molecule has 6 nitrogen and oxygen atoms in total. The molecule has 3 amide bonds. The fourth-order valence-corrected chi connectivity index (χ4v) is 2.31. The summed E-state index contributed by atoms with van der Waals surface area (Å²) in [5.74, 6) is -0.827. The van der Waals surface area contributed by atoms with E-state index in [1.165, 1.54) is 4.90 Å². The molecule has 2 rings (SSSR count). The van der Waals surface area contributed by atoms with Crippen LogP contribution in [-0.2, 0) is 9.59 Å². The smallest absolute Gasteiger partial charge is 0.269 e. The van der Waals surface area contributed by atoms with Crippen molar-refractivity contribution in [3.05, 3.63) is 34.3 Å². The van der Waals surface area contributed by atoms with Crippen molar-refractivity contribution in [3.63, 3.8) is 0 Å². The zero-order chi connectivity index (χ0) is 15.2. The predicted molar refractivity (Wildman–Crippen MR) is 80.2 cm³/mol. The Morgan fingerprint density at radius 2 is 1.86 bits per heavy atom. The Morgan fingerprint density at radius 3 is 2.52 bits per heavy atom. The first-order valence-electron chi connectivity index (χ1n) is 6.69. The Balaban J connectivity index is 1.79. The molecule has 0 spiro atoms. The zero-order valence-electron chi connectivity index (χ0n) is 11.4. The first-order chi connectivity index (χ1) is 10.1. The number of carbonyl (C=O) groups is 3. The van der Waals surface area contributed by atoms with Crippen LogP contribution in [0, 0.1) is 0 Å². The van der Waals surface area contributed by atoms with Crippen LogP contribution >= 0.6 is 15.9 Å². The van der Waals surface area contributed by atoms with Crippen molar-refractivity contribution >= 4 is 33.7 Å². The van der Waals surface area contributed by atoms with E-state index in [0.29, 0.717) is 18.5 Å². The molecule has 1 aliphatic heterocycles. The van der Waals surface area contributed by atoms with Crippen LogP contribution in [0.15, 0.2) is 28.7 Å². The Morgan fingerprint density at radius 1 is 1.14 bits per heavy atom. The molecule has 0 unspecified atom stereocenters. The Kier molecular flexibility index (Phi) is 5.32. The summed E-state index contributed by atoms with van der Waals surface area (Å²) in [6.45, 7) is 0.562. The van der Waals surface area contributed by atoms with E-state index in [2.05, 4.69) is 26.8 Å². The molecular weight excluding hydrogens is 338 g/mol. The largest absolute Gasteiger partial charge is 0.333 e. The third kappa shape index (κ3) is 4.56. The molecule has 1 aromatic carbocycles. The first-order valence-corrected chi connectivity index (χ1v) is 7.48. The van der Waals surface area contributed by atoms with E-state index in [0.717, 1.165) is 17.3 Å². The van der Waals surface area contributed by atoms with Crippen molar-refractivity contribution in [3.8, 4) is 0 Å². The fourth-order valence-electron chi connectivity index (χ4n) is 2.04. The molecule has 1 aromatic rings. The molecule has 1 aliphatic rings. The Labute approximate surface area is 131 Å². The van der Waals surface area contributed by atoms with Crippen molar-refractivity contribution in [1.29, 1.82) is 0 Å². The predicted octanol–water partition coefficient (Wildman–Crippen LogP) is 1.22. The summed E-state index contributed by atoms with van der Waals surface area (Å²) in [7, 11) is 0. The fraction of sp³-hybridized carbons (Fsp3) is 0.357. The quantitative estimate of drug-likeness (QED) is 0.802. The van der Waals surface area contributed by atoms with Crippen molar-refractivity contribution in [1.82, 2.24) is 15.8 Å². The third-order valence-corrected chi connectivity index (χ3v) is 3.71. The maximum atomic E-state index is 11.8. The minimum Gasteiger partial charge on any atom is -0.333 e. The molecule has 0 aliphatic carbocycles. The molecule has 0 aromatic heterocycles. The third-order valence-electron chi connectivity index (χ3n) is 3.18. The molecule has 112 valence electrons. The molecular formula is C14H16BrN3O3. The number of hydrogen-bond acceptors (Lipinski definition) is 3. The summed E-state index contributed by atoms with van der Waals surface area (Å²) in [6, 6.07) is 6.76. The molecule has 0 radical (unpaired) electrons. The topological polar surface area (TPSA) is 78.5 Å². The molecule has 0 saturated carbocycles. The monoisotopic (exact) mass is 353 g/mol. The molecule has 1 fully saturated rings. The van der Waals surface area contributed by atoms with Crippen LogP contribution in [0.3, 0.4) is 0 Å². The van der Waals surface area contributed by atoms with Crippen molar-refractivity contribution < 1.29 is 14.4 Å². The maximum absolute atomic E-state index is 11.8. The summed E-state index contributed by atoms with van der Waals surface area (Å²) in [5.41, 5.74) is 5.09. The van der Waals surface area contributed by atoms with E-state index in [1.54, 1.807) is 24.3 Å². The summed E-state index contributed by atoms with van der Waals surface area (Å²) < 4.78 is 0.867. The van der Waals surface area contributed by atoms with Crippen molar-refractivity contribution in [2.75, 3.05) is 13.1 Å². The van der Waals surface area contributed by atoms with Gasteiger partial charge < -0.3 is 4.90 Å². The van der Waals surface area contributed by atoms with Crippen molar-refractivity contribution in [2.45, 2.75) is 19.3 Å². The number of likely N-dealkylation sites (tertiary alicyclic amines) is 1. The molecule has 7 heteroatoms. The number of rotatable bonds is 3. The summed E-state index contributed by atoms with van der Waals surface area (Å²) in [6.07, 6.45) is 2.26. The van der Waals surface area contributed by atoms with E-state index in [-0.39, 0.29) is 12.5 Å². The highest BCUT2D eigenvalue weighted by molar-refractivity contribution is 9.10. The average molecular weight is 354 g/mol. The van der Waals surface area contributed by atoms with Crippen LogP contribution in [0.1, 0.15) is 29.6 Å². The summed E-state index contributed by atoms with van der Waals surface area (Å²) in [5, 5.41) is 0. The van der Waals surface area contributed by atoms with Gasteiger partial charge in [-0.25, -0.2) is 0 Å². The van der Waals surface area contributed by atoms with Gasteiger partial charge in [-0.1, -0.05) is 15.9 Å². The van der Waals surface area contributed by atoms with Gasteiger partial charge in [-0.3, -0.25) is 25.2 Å². The van der Waals surface area contributed by atoms with Crippen LogP contribution < -0.4 is 10.9 Å². The van der Waals surface area contributed by atoms with Gasteiger partial charge in [0.2, 0.25) is 5.91 Å². The number of hydrazine groups is 1. The SMILES string of the molecule is O=C(CN1CCCCC1=O)NNC(=O)c1ccc(Br)cc1. The van der Waals surface area contributed by atoms with E-state index in [4.69, 9.17) is 0 Å². The lowest BCUT2D eigenvalue weighted by atomic mass is 10.1. The maximum Gasteiger partial charge on any atom is 0.269 e. The number of hydrogen-bond donors (Lipinski definition) is 2. The molecule has 1 heterocycles. The second kappa shape index (κ2) is 7.21. The van der Waals surface area contributed by atoms with E-state index in [1.807, 2.05) is 0 Å². The van der Waals surface area contributed by atoms with Gasteiger partial charge >= 0.3 is 0 Å². The number of nitrogens with zero attached hydrogens (tertiary/aromatic N) is 1. The number of amides is 3. The molecule has 0 atom stereocenters. The highest BCUT2D eigenvalue weighted by Gasteiger charge is 2.20. The van der Waals surface area contributed by atoms with Gasteiger partial charge in [-0.05, 0) is 37.1 Å². The number of halogens is 1. The first kappa shape index (κ1) is 15.5. The van der Waals surface area contributed by atoms with Crippen LogP contribution in [-0.4, -0.2) is 35.7 Å². The van der Waals surface area contributed by atoms with Gasteiger partial charge in [0.05, 0.1) is 0 Å². The number of benzene rings is 1. The van der Waals surface area contributed by atoms with Gasteiger partial charge in [0.15, 0.2) is 0 Å². The lowest BCUT2D eigenvalue weighted by molar-refractivity contribution is -0.138. The number of carbonyl (C=O) groups excluding carboxylic acids is 3. The highest BCUT2D eigenvalue weighted by atomic mass is 79.9. The molecule has 21 heavy (non-hydrogen) atoms. The van der Waals surface area contributed by atoms with E-state index < -0.39 is 11.8 Å². The second-order valence-electron chi connectivity index (χ2n) is 4.78. The minimum atomic E-state index is -0.407. The van der Waals surface area contributed by atoms with Gasteiger partial charge in [-0.2, -0.15) is 0 Å². The van der Waals surface area contributed by atoms with Gasteiger partial charge in [-0.15, -0.1) is 0 Å². The van der Waals surface area contributed by atoms with Crippen LogP contribution in [0.4, 0.5) is 0 Å².